The Hall–Kier alpha value is -3.45. The number of ether oxygens (including phenoxy) is 1. The van der Waals surface area contributed by atoms with Gasteiger partial charge in [-0.05, 0) is 43.8 Å². The van der Waals surface area contributed by atoms with E-state index in [1.165, 1.54) is 17.7 Å². The summed E-state index contributed by atoms with van der Waals surface area (Å²) in [4.78, 5) is 21.7. The minimum Gasteiger partial charge on any atom is -0.499 e. The molecule has 0 aromatic carbocycles. The molecule has 9 nitrogen and oxygen atoms in total. The van der Waals surface area contributed by atoms with Crippen molar-refractivity contribution in [2.24, 2.45) is 27.6 Å². The lowest BCUT2D eigenvalue weighted by Crippen LogP contribution is -2.32. The van der Waals surface area contributed by atoms with E-state index in [2.05, 4.69) is 42.7 Å². The second kappa shape index (κ2) is 9.14. The first-order chi connectivity index (χ1) is 15.1. The molecule has 1 amide bonds. The molecule has 1 aliphatic carbocycles. The third-order valence-corrected chi connectivity index (χ3v) is 5.76. The third kappa shape index (κ3) is 5.00. The van der Waals surface area contributed by atoms with E-state index in [4.69, 9.17) is 10.5 Å². The lowest BCUT2D eigenvalue weighted by atomic mass is 9.84. The van der Waals surface area contributed by atoms with Gasteiger partial charge < -0.3 is 15.8 Å². The summed E-state index contributed by atoms with van der Waals surface area (Å²) < 4.78 is 5.52. The summed E-state index contributed by atoms with van der Waals surface area (Å²) in [5, 5.41) is 15.1. The summed E-state index contributed by atoms with van der Waals surface area (Å²) in [6, 6.07) is 0. The van der Waals surface area contributed by atoms with Crippen molar-refractivity contribution < 1.29 is 9.53 Å². The Morgan fingerprint density at radius 2 is 2.29 bits per heavy atom. The zero-order valence-corrected chi connectivity index (χ0v) is 18.1. The number of carbonyl (C=O) groups excluding carboxylic acids is 1. The Balaban J connectivity index is 1.56. The van der Waals surface area contributed by atoms with E-state index in [1.54, 1.807) is 25.6 Å². The second-order valence-corrected chi connectivity index (χ2v) is 8.33. The van der Waals surface area contributed by atoms with E-state index in [9.17, 15) is 4.79 Å². The van der Waals surface area contributed by atoms with Crippen LogP contribution in [0.1, 0.15) is 31.2 Å². The molecule has 2 unspecified atom stereocenters. The van der Waals surface area contributed by atoms with Gasteiger partial charge in [-0.15, -0.1) is 10.2 Å². The number of aromatic nitrogens is 2. The van der Waals surface area contributed by atoms with Crippen LogP contribution in [0.4, 0.5) is 5.13 Å². The maximum absolute atomic E-state index is 13.2. The molecule has 1 fully saturated rings. The van der Waals surface area contributed by atoms with Crippen LogP contribution in [0.3, 0.4) is 0 Å². The van der Waals surface area contributed by atoms with Gasteiger partial charge in [0.2, 0.25) is 5.13 Å². The smallest absolute Gasteiger partial charge is 0.257 e. The molecular weight excluding hydrogens is 414 g/mol. The van der Waals surface area contributed by atoms with Crippen molar-refractivity contribution in [3.05, 3.63) is 40.4 Å². The molecule has 1 aromatic rings. The van der Waals surface area contributed by atoms with E-state index in [1.807, 2.05) is 6.92 Å². The van der Waals surface area contributed by atoms with Crippen molar-refractivity contribution in [1.82, 2.24) is 15.5 Å². The van der Waals surface area contributed by atoms with Crippen LogP contribution in [-0.2, 0) is 9.53 Å². The highest BCUT2D eigenvalue weighted by atomic mass is 32.1. The topological polar surface area (TPSA) is 127 Å². The van der Waals surface area contributed by atoms with Crippen LogP contribution < -0.4 is 16.4 Å². The predicted octanol–water partition coefficient (Wildman–Crippen LogP) is 1.93. The lowest BCUT2D eigenvalue weighted by molar-refractivity contribution is -0.112. The van der Waals surface area contributed by atoms with Gasteiger partial charge >= 0.3 is 0 Å². The largest absolute Gasteiger partial charge is 0.499 e. The van der Waals surface area contributed by atoms with Gasteiger partial charge in [0.15, 0.2) is 5.01 Å². The molecule has 3 aliphatic rings. The summed E-state index contributed by atoms with van der Waals surface area (Å²) in [6.07, 6.45) is 8.90. The normalized spacial score (nSPS) is 22.9. The number of anilines is 1. The molecule has 2 atom stereocenters. The highest BCUT2D eigenvalue weighted by Crippen LogP contribution is 2.35. The summed E-state index contributed by atoms with van der Waals surface area (Å²) >= 11 is 1.25. The molecule has 1 aromatic heterocycles. The average Bonchev–Trinajstić information content (AvgIpc) is 3.50. The fraction of sp³-hybridized carbons (Fsp3) is 0.381. The van der Waals surface area contributed by atoms with Crippen molar-refractivity contribution in [2.75, 3.05) is 12.4 Å². The fourth-order valence-corrected chi connectivity index (χ4v) is 3.88. The highest BCUT2D eigenvalue weighted by Gasteiger charge is 2.32. The van der Waals surface area contributed by atoms with Gasteiger partial charge in [-0.3, -0.25) is 15.1 Å². The Morgan fingerprint density at radius 3 is 3.03 bits per heavy atom. The lowest BCUT2D eigenvalue weighted by Gasteiger charge is -2.29. The van der Waals surface area contributed by atoms with Gasteiger partial charge in [-0.25, -0.2) is 4.99 Å². The van der Waals surface area contributed by atoms with Crippen molar-refractivity contribution in [2.45, 2.75) is 32.4 Å². The van der Waals surface area contributed by atoms with Crippen LogP contribution in [0.5, 0.6) is 0 Å². The number of allylic oxidation sites excluding steroid dienone is 1. The number of nitrogens with zero attached hydrogens (tertiary/aromatic N) is 4. The van der Waals surface area contributed by atoms with Crippen molar-refractivity contribution >= 4 is 34.4 Å². The Labute approximate surface area is 184 Å². The Kier molecular flexibility index (Phi) is 6.13. The van der Waals surface area contributed by atoms with E-state index in [0.717, 1.165) is 24.1 Å². The molecule has 0 radical (unpaired) electrons. The van der Waals surface area contributed by atoms with Gasteiger partial charge in [0.1, 0.15) is 11.9 Å². The van der Waals surface area contributed by atoms with Crippen LogP contribution in [0.15, 0.2) is 45.4 Å². The molecule has 1 saturated carbocycles. The number of aliphatic imine (C=N–C) groups is 2. The molecular formula is C21H23N7O2S. The number of nitrogens with one attached hydrogen (secondary N) is 2. The summed E-state index contributed by atoms with van der Waals surface area (Å²) in [5.41, 5.74) is 7.65. The Morgan fingerprint density at radius 1 is 1.45 bits per heavy atom. The first kappa shape index (κ1) is 20.8. The average molecular weight is 438 g/mol. The fourth-order valence-electron chi connectivity index (χ4n) is 3.28. The predicted molar refractivity (Wildman–Crippen MR) is 120 cm³/mol. The highest BCUT2D eigenvalue weighted by molar-refractivity contribution is 7.15. The third-order valence-electron chi connectivity index (χ3n) is 5.01. The van der Waals surface area contributed by atoms with Crippen molar-refractivity contribution in [3.8, 4) is 11.8 Å². The molecule has 0 spiro atoms. The monoisotopic (exact) mass is 437 g/mol. The number of nitrogens with two attached hydrogens (primary N) is 1. The van der Waals surface area contributed by atoms with Crippen LogP contribution in [0.25, 0.3) is 0 Å². The van der Waals surface area contributed by atoms with E-state index in [0.29, 0.717) is 33.8 Å². The van der Waals surface area contributed by atoms with E-state index in [-0.39, 0.29) is 11.8 Å². The maximum Gasteiger partial charge on any atom is 0.257 e. The number of methoxy groups -OCH3 is 1. The molecule has 4 N–H and O–H groups in total. The number of amides is 1. The SMILES string of the molecule is COC1=CN=C(C)CC1C1=CNC(/N=C\N)C=C1C(=O)Nc1nnc(C#CC2CC2)s1. The summed E-state index contributed by atoms with van der Waals surface area (Å²) in [7, 11) is 1.60. The van der Waals surface area contributed by atoms with Crippen LogP contribution in [0, 0.1) is 23.7 Å². The van der Waals surface area contributed by atoms with Gasteiger partial charge in [0.25, 0.3) is 5.91 Å². The van der Waals surface area contributed by atoms with Crippen molar-refractivity contribution in [1.29, 1.82) is 0 Å². The van der Waals surface area contributed by atoms with E-state index >= 15 is 0 Å². The zero-order chi connectivity index (χ0) is 21.8. The minimum absolute atomic E-state index is 0.149. The van der Waals surface area contributed by atoms with Crippen LogP contribution >= 0.6 is 11.3 Å². The Bertz CT molecular complexity index is 1080. The molecule has 0 bridgehead atoms. The zero-order valence-electron chi connectivity index (χ0n) is 17.3. The van der Waals surface area contributed by atoms with E-state index < -0.39 is 6.17 Å². The first-order valence-electron chi connectivity index (χ1n) is 9.92. The standard InChI is InChI=1S/C21H23N7O2S/c1-12-7-14(17(30-2)10-23-12)16-9-24-18(25-11-22)8-15(16)20(29)26-21-28-27-19(31-21)6-5-13-3-4-13/h8-11,13-14,18,24H,3-4,7H2,1-2H3,(H2,22,25)(H,26,28,29). The molecule has 0 saturated heterocycles. The first-order valence-corrected chi connectivity index (χ1v) is 10.7. The van der Waals surface area contributed by atoms with Gasteiger partial charge in [-0.2, -0.15) is 0 Å². The number of hydrogen-bond acceptors (Lipinski definition) is 8. The van der Waals surface area contributed by atoms with Gasteiger partial charge in [0, 0.05) is 23.4 Å². The minimum atomic E-state index is -0.447. The number of dihydropyridines is 1. The summed E-state index contributed by atoms with van der Waals surface area (Å²) in [5.74, 6) is 6.87. The van der Waals surface area contributed by atoms with Crippen molar-refractivity contribution in [3.63, 3.8) is 0 Å². The van der Waals surface area contributed by atoms with Gasteiger partial charge in [-0.1, -0.05) is 17.3 Å². The summed E-state index contributed by atoms with van der Waals surface area (Å²) in [6.45, 7) is 1.95. The quantitative estimate of drug-likeness (QED) is 0.367. The molecule has 31 heavy (non-hydrogen) atoms. The number of rotatable bonds is 5. The van der Waals surface area contributed by atoms with Gasteiger partial charge in [0.05, 0.1) is 25.6 Å². The number of carbonyl (C=O) groups is 1. The molecule has 160 valence electrons. The van der Waals surface area contributed by atoms with Crippen LogP contribution in [-0.4, -0.2) is 41.4 Å². The maximum atomic E-state index is 13.2. The molecule has 2 aliphatic heterocycles. The second-order valence-electron chi connectivity index (χ2n) is 7.36. The molecule has 10 heteroatoms. The number of hydrogen-bond donors (Lipinski definition) is 3. The molecule has 3 heterocycles. The molecule has 4 rings (SSSR count). The van der Waals surface area contributed by atoms with Crippen LogP contribution in [0.2, 0.25) is 0 Å².